The van der Waals surface area contributed by atoms with E-state index in [0.29, 0.717) is 16.2 Å². The van der Waals surface area contributed by atoms with Gasteiger partial charge in [0.2, 0.25) is 5.91 Å². The molecule has 0 atom stereocenters. The summed E-state index contributed by atoms with van der Waals surface area (Å²) in [7, 11) is 0. The van der Waals surface area contributed by atoms with Crippen molar-refractivity contribution in [3.05, 3.63) is 47.0 Å². The molecule has 1 amide bonds. The molecule has 1 heterocycles. The number of hydrogen-bond acceptors (Lipinski definition) is 4. The zero-order chi connectivity index (χ0) is 16.4. The minimum absolute atomic E-state index is 0.186. The highest BCUT2D eigenvalue weighted by atomic mass is 35.5. The summed E-state index contributed by atoms with van der Waals surface area (Å²) < 4.78 is 0. The molecule has 1 N–H and O–H groups in total. The molecule has 1 aromatic heterocycles. The molecule has 3 aromatic rings. The van der Waals surface area contributed by atoms with Crippen LogP contribution in [0.1, 0.15) is 12.0 Å². The second-order valence-electron chi connectivity index (χ2n) is 5.00. The first-order chi connectivity index (χ1) is 11.1. The summed E-state index contributed by atoms with van der Waals surface area (Å²) in [6, 6.07) is 12.6. The van der Waals surface area contributed by atoms with E-state index in [2.05, 4.69) is 15.5 Å². The second kappa shape index (κ2) is 6.07. The maximum absolute atomic E-state index is 11.6. The maximum Gasteiger partial charge on any atom is 0.238 e. The van der Waals surface area contributed by atoms with E-state index in [9.17, 15) is 4.79 Å². The van der Waals surface area contributed by atoms with E-state index in [1.165, 1.54) is 4.80 Å². The number of benzene rings is 2. The van der Waals surface area contributed by atoms with E-state index >= 15 is 0 Å². The molecule has 2 aromatic carbocycles. The molecule has 0 saturated carbocycles. The summed E-state index contributed by atoms with van der Waals surface area (Å²) in [5, 5.41) is 20.7. The van der Waals surface area contributed by atoms with Crippen molar-refractivity contribution in [2.75, 3.05) is 5.32 Å². The van der Waals surface area contributed by atoms with Crippen LogP contribution >= 0.6 is 11.6 Å². The maximum atomic E-state index is 11.6. The lowest BCUT2D eigenvalue weighted by atomic mass is 10.1. The van der Waals surface area contributed by atoms with E-state index in [4.69, 9.17) is 16.9 Å². The molecule has 7 heteroatoms. The van der Waals surface area contributed by atoms with E-state index in [0.717, 1.165) is 16.8 Å². The molecule has 0 saturated heterocycles. The lowest BCUT2D eigenvalue weighted by Crippen LogP contribution is -2.11. The Morgan fingerprint density at radius 3 is 2.57 bits per heavy atom. The van der Waals surface area contributed by atoms with E-state index in [-0.39, 0.29) is 12.3 Å². The number of anilines is 1. The summed E-state index contributed by atoms with van der Waals surface area (Å²) in [5.41, 5.74) is 3.64. The average molecular weight is 326 g/mol. The van der Waals surface area contributed by atoms with E-state index < -0.39 is 0 Å². The van der Waals surface area contributed by atoms with Gasteiger partial charge in [0, 0.05) is 10.7 Å². The van der Waals surface area contributed by atoms with Crippen molar-refractivity contribution in [1.29, 1.82) is 5.26 Å². The van der Waals surface area contributed by atoms with Gasteiger partial charge in [0.05, 0.1) is 11.8 Å². The topological polar surface area (TPSA) is 83.6 Å². The molecule has 0 unspecified atom stereocenters. The fourth-order valence-corrected chi connectivity index (χ4v) is 2.28. The number of nitrogens with zero attached hydrogens (tertiary/aromatic N) is 4. The molecule has 3 rings (SSSR count). The molecule has 0 aliphatic carbocycles. The molecule has 23 heavy (non-hydrogen) atoms. The highest BCUT2D eigenvalue weighted by Gasteiger charge is 2.10. The number of aromatic nitrogens is 3. The van der Waals surface area contributed by atoms with Crippen LogP contribution in [0.5, 0.6) is 0 Å². The van der Waals surface area contributed by atoms with Crippen LogP contribution in [0, 0.1) is 18.3 Å². The van der Waals surface area contributed by atoms with Crippen LogP contribution in [0.2, 0.25) is 5.02 Å². The number of nitriles is 1. The predicted octanol–water partition coefficient (Wildman–Crippen LogP) is 3.23. The summed E-state index contributed by atoms with van der Waals surface area (Å²) >= 11 is 5.88. The average Bonchev–Trinajstić information content (AvgIpc) is 2.91. The molecule has 0 aliphatic rings. The number of nitrogens with one attached hydrogen (secondary N) is 1. The SMILES string of the molecule is Cc1cc2nn(-c3ccc(Cl)cc3)nc2cc1NC(=O)CC#N. The monoisotopic (exact) mass is 325 g/mol. The molecule has 114 valence electrons. The third-order valence-corrected chi connectivity index (χ3v) is 3.55. The smallest absolute Gasteiger partial charge is 0.238 e. The van der Waals surface area contributed by atoms with Gasteiger partial charge >= 0.3 is 0 Å². The number of halogens is 1. The van der Waals surface area contributed by atoms with Gasteiger partial charge in [-0.05, 0) is 48.9 Å². The van der Waals surface area contributed by atoms with Crippen molar-refractivity contribution in [1.82, 2.24) is 15.0 Å². The first kappa shape index (κ1) is 15.0. The van der Waals surface area contributed by atoms with Crippen molar-refractivity contribution in [2.45, 2.75) is 13.3 Å². The third kappa shape index (κ3) is 3.15. The summed E-state index contributed by atoms with van der Waals surface area (Å²) in [5.74, 6) is -0.347. The molecule has 0 bridgehead atoms. The Morgan fingerprint density at radius 2 is 1.91 bits per heavy atom. The first-order valence-corrected chi connectivity index (χ1v) is 7.25. The molecule has 0 radical (unpaired) electrons. The lowest BCUT2D eigenvalue weighted by Gasteiger charge is -2.05. The van der Waals surface area contributed by atoms with Crippen LogP contribution in [-0.2, 0) is 4.79 Å². The van der Waals surface area contributed by atoms with E-state index in [1.807, 2.05) is 31.2 Å². The van der Waals surface area contributed by atoms with Crippen molar-refractivity contribution >= 4 is 34.2 Å². The molecule has 0 spiro atoms. The molecular formula is C16H12ClN5O. The van der Waals surface area contributed by atoms with Crippen LogP contribution < -0.4 is 5.32 Å². The van der Waals surface area contributed by atoms with E-state index in [1.54, 1.807) is 18.2 Å². The number of aryl methyl sites for hydroxylation is 1. The number of fused-ring (bicyclic) bond motifs is 1. The van der Waals surface area contributed by atoms with Gasteiger partial charge in [-0.1, -0.05) is 11.6 Å². The number of carbonyl (C=O) groups is 1. The van der Waals surface area contributed by atoms with Crippen LogP contribution in [0.15, 0.2) is 36.4 Å². The summed E-state index contributed by atoms with van der Waals surface area (Å²) in [6.07, 6.45) is -0.186. The van der Waals surface area contributed by atoms with Gasteiger partial charge < -0.3 is 5.32 Å². The van der Waals surface area contributed by atoms with Crippen LogP contribution in [0.3, 0.4) is 0 Å². The number of amides is 1. The van der Waals surface area contributed by atoms with Gasteiger partial charge in [-0.25, -0.2) is 0 Å². The normalized spacial score (nSPS) is 10.5. The Balaban J connectivity index is 1.98. The van der Waals surface area contributed by atoms with Crippen molar-refractivity contribution in [2.24, 2.45) is 0 Å². The van der Waals surface area contributed by atoms with Crippen molar-refractivity contribution < 1.29 is 4.79 Å². The van der Waals surface area contributed by atoms with Crippen LogP contribution in [0.25, 0.3) is 16.7 Å². The fraction of sp³-hybridized carbons (Fsp3) is 0.125. The lowest BCUT2D eigenvalue weighted by molar-refractivity contribution is -0.115. The minimum atomic E-state index is -0.347. The summed E-state index contributed by atoms with van der Waals surface area (Å²) in [6.45, 7) is 1.86. The Bertz CT molecular complexity index is 924. The Kier molecular flexibility index (Phi) is 3.96. The van der Waals surface area contributed by atoms with Crippen LogP contribution in [-0.4, -0.2) is 20.9 Å². The zero-order valence-corrected chi connectivity index (χ0v) is 13.0. The number of rotatable bonds is 3. The van der Waals surface area contributed by atoms with Gasteiger partial charge in [-0.15, -0.1) is 10.2 Å². The quantitative estimate of drug-likeness (QED) is 0.801. The molecule has 6 nitrogen and oxygen atoms in total. The van der Waals surface area contributed by atoms with Gasteiger partial charge in [0.15, 0.2) is 0 Å². The zero-order valence-electron chi connectivity index (χ0n) is 12.2. The van der Waals surface area contributed by atoms with Crippen molar-refractivity contribution in [3.63, 3.8) is 0 Å². The van der Waals surface area contributed by atoms with Gasteiger partial charge in [-0.3, -0.25) is 4.79 Å². The largest absolute Gasteiger partial charge is 0.325 e. The molecule has 0 fully saturated rings. The number of hydrogen-bond donors (Lipinski definition) is 1. The van der Waals surface area contributed by atoms with Gasteiger partial charge in [-0.2, -0.15) is 10.1 Å². The third-order valence-electron chi connectivity index (χ3n) is 3.30. The Morgan fingerprint density at radius 1 is 1.26 bits per heavy atom. The second-order valence-corrected chi connectivity index (χ2v) is 5.44. The Labute approximate surface area is 137 Å². The minimum Gasteiger partial charge on any atom is -0.325 e. The number of carbonyl (C=O) groups excluding carboxylic acids is 1. The van der Waals surface area contributed by atoms with Gasteiger partial charge in [0.1, 0.15) is 17.5 Å². The Hall–Kier alpha value is -2.91. The fourth-order valence-electron chi connectivity index (χ4n) is 2.16. The molecular weight excluding hydrogens is 314 g/mol. The highest BCUT2D eigenvalue weighted by molar-refractivity contribution is 6.30. The van der Waals surface area contributed by atoms with Gasteiger partial charge in [0.25, 0.3) is 0 Å². The van der Waals surface area contributed by atoms with Crippen molar-refractivity contribution in [3.8, 4) is 11.8 Å². The predicted molar refractivity (Wildman–Crippen MR) is 87.5 cm³/mol. The first-order valence-electron chi connectivity index (χ1n) is 6.87. The molecule has 0 aliphatic heterocycles. The standard InChI is InChI=1S/C16H12ClN5O/c1-10-8-14-15(9-13(10)19-16(23)6-7-18)21-22(20-14)12-4-2-11(17)3-5-12/h2-5,8-9H,6H2,1H3,(H,19,23). The summed E-state index contributed by atoms with van der Waals surface area (Å²) in [4.78, 5) is 13.1. The highest BCUT2D eigenvalue weighted by Crippen LogP contribution is 2.22. The van der Waals surface area contributed by atoms with Crippen LogP contribution in [0.4, 0.5) is 5.69 Å².